The third-order valence-corrected chi connectivity index (χ3v) is 5.98. The van der Waals surface area contributed by atoms with E-state index >= 15 is 0 Å². The van der Waals surface area contributed by atoms with E-state index in [9.17, 15) is 12.8 Å². The molecule has 0 aromatic heterocycles. The molecule has 1 saturated heterocycles. The van der Waals surface area contributed by atoms with Crippen molar-refractivity contribution >= 4 is 10.0 Å². The van der Waals surface area contributed by atoms with Gasteiger partial charge in [0, 0.05) is 32.7 Å². The van der Waals surface area contributed by atoms with Gasteiger partial charge in [-0.2, -0.15) is 4.31 Å². The van der Waals surface area contributed by atoms with Gasteiger partial charge in [0.25, 0.3) is 0 Å². The Labute approximate surface area is 125 Å². The van der Waals surface area contributed by atoms with E-state index in [1.807, 2.05) is 4.90 Å². The highest BCUT2D eigenvalue weighted by atomic mass is 32.2. The van der Waals surface area contributed by atoms with Crippen molar-refractivity contribution in [3.8, 4) is 0 Å². The van der Waals surface area contributed by atoms with Crippen LogP contribution in [0.25, 0.3) is 0 Å². The number of sulfonamides is 1. The molecule has 1 heterocycles. The van der Waals surface area contributed by atoms with Crippen molar-refractivity contribution in [3.63, 3.8) is 0 Å². The molecule has 1 aliphatic rings. The van der Waals surface area contributed by atoms with Crippen LogP contribution >= 0.6 is 0 Å². The molecule has 118 valence electrons. The lowest BCUT2D eigenvalue weighted by molar-refractivity contribution is 0.151. The molecule has 2 rings (SSSR count). The van der Waals surface area contributed by atoms with Gasteiger partial charge in [-0.25, -0.2) is 12.8 Å². The molecule has 0 radical (unpaired) electrons. The van der Waals surface area contributed by atoms with Crippen LogP contribution in [0.15, 0.2) is 17.0 Å². The number of hydrogen-bond acceptors (Lipinski definition) is 4. The normalized spacial score (nSPS) is 18.1. The Bertz CT molecular complexity index is 588. The van der Waals surface area contributed by atoms with Gasteiger partial charge in [-0.05, 0) is 37.1 Å². The van der Waals surface area contributed by atoms with Crippen molar-refractivity contribution in [1.29, 1.82) is 0 Å². The SMILES string of the molecule is Cc1cc(F)cc(C)c1S(=O)(=O)N1CCN(CCO)CC1. The average molecular weight is 316 g/mol. The summed E-state index contributed by atoms with van der Waals surface area (Å²) in [4.78, 5) is 2.23. The zero-order chi connectivity index (χ0) is 15.6. The topological polar surface area (TPSA) is 60.9 Å². The average Bonchev–Trinajstić information content (AvgIpc) is 2.38. The van der Waals surface area contributed by atoms with Gasteiger partial charge in [-0.15, -0.1) is 0 Å². The zero-order valence-electron chi connectivity index (χ0n) is 12.3. The van der Waals surface area contributed by atoms with Gasteiger partial charge in [0.05, 0.1) is 11.5 Å². The summed E-state index contributed by atoms with van der Waals surface area (Å²) in [7, 11) is -3.60. The Hall–Kier alpha value is -1.02. The van der Waals surface area contributed by atoms with Crippen molar-refractivity contribution in [2.45, 2.75) is 18.7 Å². The first-order chi connectivity index (χ1) is 9.86. The molecule has 1 aromatic carbocycles. The van der Waals surface area contributed by atoms with Crippen LogP contribution in [0.3, 0.4) is 0 Å². The molecule has 0 aliphatic carbocycles. The van der Waals surface area contributed by atoms with Gasteiger partial charge < -0.3 is 5.11 Å². The van der Waals surface area contributed by atoms with Crippen LogP contribution in [-0.4, -0.2) is 62.1 Å². The summed E-state index contributed by atoms with van der Waals surface area (Å²) < 4.78 is 40.3. The van der Waals surface area contributed by atoms with Crippen LogP contribution in [0, 0.1) is 19.7 Å². The molecule has 5 nitrogen and oxygen atoms in total. The first-order valence-electron chi connectivity index (χ1n) is 6.96. The van der Waals surface area contributed by atoms with Gasteiger partial charge >= 0.3 is 0 Å². The fourth-order valence-corrected chi connectivity index (χ4v) is 4.60. The summed E-state index contributed by atoms with van der Waals surface area (Å²) in [5.41, 5.74) is 0.871. The molecular formula is C14H21FN2O3S. The predicted molar refractivity (Wildman–Crippen MR) is 78.2 cm³/mol. The van der Waals surface area contributed by atoms with Crippen molar-refractivity contribution < 1.29 is 17.9 Å². The summed E-state index contributed by atoms with van der Waals surface area (Å²) in [5, 5.41) is 8.91. The summed E-state index contributed by atoms with van der Waals surface area (Å²) >= 11 is 0. The van der Waals surface area contributed by atoms with Gasteiger partial charge in [0.1, 0.15) is 5.82 Å². The fourth-order valence-electron chi connectivity index (χ4n) is 2.77. The van der Waals surface area contributed by atoms with Crippen molar-refractivity contribution in [2.24, 2.45) is 0 Å². The third kappa shape index (κ3) is 3.42. The summed E-state index contributed by atoms with van der Waals surface area (Å²) in [6.45, 7) is 5.83. The van der Waals surface area contributed by atoms with E-state index in [1.54, 1.807) is 13.8 Å². The lowest BCUT2D eigenvalue weighted by Crippen LogP contribution is -2.49. The number of halogens is 1. The monoisotopic (exact) mass is 316 g/mol. The van der Waals surface area contributed by atoms with Crippen LogP contribution in [0.2, 0.25) is 0 Å². The number of piperazine rings is 1. The first-order valence-corrected chi connectivity index (χ1v) is 8.40. The minimum Gasteiger partial charge on any atom is -0.395 e. The van der Waals surface area contributed by atoms with E-state index in [0.29, 0.717) is 43.9 Å². The molecule has 0 unspecified atom stereocenters. The minimum atomic E-state index is -3.60. The molecule has 7 heteroatoms. The molecule has 1 fully saturated rings. The van der Waals surface area contributed by atoms with Crippen molar-refractivity contribution in [3.05, 3.63) is 29.1 Å². The Morgan fingerprint density at radius 2 is 1.67 bits per heavy atom. The molecule has 1 N–H and O–H groups in total. The molecule has 1 aliphatic heterocycles. The standard InChI is InChI=1S/C14H21FN2O3S/c1-11-9-13(15)10-12(2)14(11)21(19,20)17-5-3-16(4-6-17)7-8-18/h9-10,18H,3-8H2,1-2H3. The number of hydrogen-bond donors (Lipinski definition) is 1. The van der Waals surface area contributed by atoms with Crippen molar-refractivity contribution in [1.82, 2.24) is 9.21 Å². The van der Waals surface area contributed by atoms with E-state index in [1.165, 1.54) is 16.4 Å². The van der Waals surface area contributed by atoms with Gasteiger partial charge in [0.2, 0.25) is 10.0 Å². The van der Waals surface area contributed by atoms with Crippen LogP contribution < -0.4 is 0 Å². The van der Waals surface area contributed by atoms with Crippen LogP contribution in [-0.2, 0) is 10.0 Å². The Balaban J connectivity index is 2.24. The van der Waals surface area contributed by atoms with Crippen molar-refractivity contribution in [2.75, 3.05) is 39.3 Å². The zero-order valence-corrected chi connectivity index (χ0v) is 13.2. The first kappa shape index (κ1) is 16.4. The molecule has 0 bridgehead atoms. The molecule has 0 spiro atoms. The smallest absolute Gasteiger partial charge is 0.243 e. The largest absolute Gasteiger partial charge is 0.395 e. The van der Waals surface area contributed by atoms with Crippen LogP contribution in [0.5, 0.6) is 0 Å². The lowest BCUT2D eigenvalue weighted by Gasteiger charge is -2.34. The van der Waals surface area contributed by atoms with Crippen LogP contribution in [0.4, 0.5) is 4.39 Å². The molecule has 1 aromatic rings. The molecular weight excluding hydrogens is 295 g/mol. The summed E-state index contributed by atoms with van der Waals surface area (Å²) in [5.74, 6) is -0.420. The second-order valence-corrected chi connectivity index (χ2v) is 7.21. The lowest BCUT2D eigenvalue weighted by atomic mass is 10.1. The maximum Gasteiger partial charge on any atom is 0.243 e. The molecule has 0 atom stereocenters. The van der Waals surface area contributed by atoms with Gasteiger partial charge in [0.15, 0.2) is 0 Å². The highest BCUT2D eigenvalue weighted by molar-refractivity contribution is 7.89. The predicted octanol–water partition coefficient (Wildman–Crippen LogP) is 0.741. The molecule has 0 amide bonds. The van der Waals surface area contributed by atoms with Gasteiger partial charge in [-0.3, -0.25) is 4.90 Å². The van der Waals surface area contributed by atoms with Crippen LogP contribution in [0.1, 0.15) is 11.1 Å². The number of aliphatic hydroxyl groups excluding tert-OH is 1. The second kappa shape index (κ2) is 6.39. The maximum absolute atomic E-state index is 13.3. The Morgan fingerprint density at radius 3 is 2.14 bits per heavy atom. The number of β-amino-alcohol motifs (C(OH)–C–C–N with tert-alkyl or cyclic N) is 1. The number of aryl methyl sites for hydroxylation is 2. The quantitative estimate of drug-likeness (QED) is 0.890. The van der Waals surface area contributed by atoms with E-state index in [2.05, 4.69) is 0 Å². The Morgan fingerprint density at radius 1 is 1.14 bits per heavy atom. The number of nitrogens with zero attached hydrogens (tertiary/aromatic N) is 2. The van der Waals surface area contributed by atoms with Gasteiger partial charge in [-0.1, -0.05) is 0 Å². The third-order valence-electron chi connectivity index (χ3n) is 3.77. The summed E-state index contributed by atoms with van der Waals surface area (Å²) in [6, 6.07) is 2.50. The molecule has 21 heavy (non-hydrogen) atoms. The summed E-state index contributed by atoms with van der Waals surface area (Å²) in [6.07, 6.45) is 0. The van der Waals surface area contributed by atoms with E-state index < -0.39 is 15.8 Å². The van der Waals surface area contributed by atoms with E-state index in [-0.39, 0.29) is 11.5 Å². The number of benzene rings is 1. The number of rotatable bonds is 4. The highest BCUT2D eigenvalue weighted by Gasteiger charge is 2.30. The van der Waals surface area contributed by atoms with E-state index in [4.69, 9.17) is 5.11 Å². The highest BCUT2D eigenvalue weighted by Crippen LogP contribution is 2.25. The fraction of sp³-hybridized carbons (Fsp3) is 0.571. The van der Waals surface area contributed by atoms with E-state index in [0.717, 1.165) is 0 Å². The Kier molecular flexibility index (Phi) is 4.98. The number of aliphatic hydroxyl groups is 1. The minimum absolute atomic E-state index is 0.0723. The maximum atomic E-state index is 13.3. The molecule has 0 saturated carbocycles. The second-order valence-electron chi connectivity index (χ2n) is 5.34.